The Balaban J connectivity index is 1.34. The summed E-state index contributed by atoms with van der Waals surface area (Å²) in [6.07, 6.45) is 24.9. The van der Waals surface area contributed by atoms with Crippen molar-refractivity contribution >= 4 is 39.0 Å². The zero-order valence-electron chi connectivity index (χ0n) is 37.3. The zero-order valence-corrected chi connectivity index (χ0v) is 38.9. The number of allylic oxidation sites excluding steroid dienone is 7. The molecule has 1 aromatic heterocycles. The summed E-state index contributed by atoms with van der Waals surface area (Å²) in [5, 5.41) is 0.347. The van der Waals surface area contributed by atoms with E-state index in [1.54, 1.807) is 7.11 Å². The molecule has 7 rings (SSSR count). The minimum Gasteiger partial charge on any atom is -0.497 e. The molecule has 0 spiro atoms. The van der Waals surface area contributed by atoms with Crippen molar-refractivity contribution in [2.75, 3.05) is 30.9 Å². The molecule has 7 nitrogen and oxygen atoms in total. The average Bonchev–Trinajstić information content (AvgIpc) is 3.77. The second kappa shape index (κ2) is 18.2. The Morgan fingerprint density at radius 3 is 2.38 bits per heavy atom. The van der Waals surface area contributed by atoms with Gasteiger partial charge in [0.15, 0.2) is 18.1 Å². The van der Waals surface area contributed by atoms with Gasteiger partial charge in [0.1, 0.15) is 19.3 Å². The fourth-order valence-electron chi connectivity index (χ4n) is 10.0. The van der Waals surface area contributed by atoms with Crippen LogP contribution >= 0.6 is 11.8 Å². The number of methoxy groups -OCH3 is 1. The van der Waals surface area contributed by atoms with Gasteiger partial charge in [-0.2, -0.15) is 13.0 Å². The smallest absolute Gasteiger partial charge is 0.265 e. The molecule has 1 unspecified atom stereocenters. The van der Waals surface area contributed by atoms with E-state index in [1.807, 2.05) is 6.07 Å². The van der Waals surface area contributed by atoms with E-state index in [9.17, 15) is 13.0 Å². The first-order valence-electron chi connectivity index (χ1n) is 22.2. The Bertz CT molecular complexity index is 2340. The number of pyridine rings is 1. The summed E-state index contributed by atoms with van der Waals surface area (Å²) < 4.78 is 43.3. The molecule has 1 saturated carbocycles. The van der Waals surface area contributed by atoms with E-state index in [4.69, 9.17) is 4.74 Å². The van der Waals surface area contributed by atoms with Crippen LogP contribution in [0.5, 0.6) is 5.75 Å². The van der Waals surface area contributed by atoms with Crippen molar-refractivity contribution in [1.82, 2.24) is 0 Å². The monoisotopic (exact) mass is 849 g/mol. The fraction of sp³-hybridized carbons (Fsp3) is 0.490. The van der Waals surface area contributed by atoms with E-state index in [2.05, 4.69) is 154 Å². The van der Waals surface area contributed by atoms with Crippen molar-refractivity contribution in [2.45, 2.75) is 122 Å². The van der Waals surface area contributed by atoms with E-state index in [-0.39, 0.29) is 16.6 Å². The van der Waals surface area contributed by atoms with Gasteiger partial charge in [-0.1, -0.05) is 76.3 Å². The summed E-state index contributed by atoms with van der Waals surface area (Å²) in [6.45, 7) is 15.2. The minimum absolute atomic E-state index is 0.115. The summed E-state index contributed by atoms with van der Waals surface area (Å²) in [5.41, 5.74) is 12.4. The molecule has 0 saturated heterocycles. The lowest BCUT2D eigenvalue weighted by molar-refractivity contribution is -0.671. The van der Waals surface area contributed by atoms with E-state index >= 15 is 0 Å². The van der Waals surface area contributed by atoms with Crippen molar-refractivity contribution in [1.29, 1.82) is 0 Å². The molecule has 3 aromatic rings. The largest absolute Gasteiger partial charge is 0.497 e. The van der Waals surface area contributed by atoms with Crippen molar-refractivity contribution < 1.29 is 26.9 Å². The first kappa shape index (κ1) is 44.1. The van der Waals surface area contributed by atoms with Crippen LogP contribution in [0, 0.1) is 12.8 Å². The van der Waals surface area contributed by atoms with Crippen LogP contribution in [0.3, 0.4) is 0 Å². The van der Waals surface area contributed by atoms with Gasteiger partial charge in [-0.15, -0.1) is 11.8 Å². The number of fused-ring (bicyclic) bond motifs is 2. The lowest BCUT2D eigenvalue weighted by Gasteiger charge is -2.31. The van der Waals surface area contributed by atoms with Crippen molar-refractivity contribution in [3.05, 3.63) is 129 Å². The van der Waals surface area contributed by atoms with E-state index in [1.165, 1.54) is 76.2 Å². The summed E-state index contributed by atoms with van der Waals surface area (Å²) in [4.78, 5) is 3.98. The van der Waals surface area contributed by atoms with Crippen molar-refractivity contribution in [2.24, 2.45) is 13.0 Å². The average molecular weight is 850 g/mol. The highest BCUT2D eigenvalue weighted by Gasteiger charge is 2.45. The second-order valence-electron chi connectivity index (χ2n) is 18.5. The highest BCUT2D eigenvalue weighted by Crippen LogP contribution is 2.53. The molecule has 0 amide bonds. The molecule has 60 heavy (non-hydrogen) atoms. The lowest BCUT2D eigenvalue weighted by Crippen LogP contribution is -2.28. The van der Waals surface area contributed by atoms with Crippen LogP contribution in [-0.2, 0) is 28.0 Å². The van der Waals surface area contributed by atoms with Crippen LogP contribution in [0.2, 0.25) is 0 Å². The van der Waals surface area contributed by atoms with E-state index < -0.39 is 10.1 Å². The Labute approximate surface area is 364 Å². The molecule has 2 aliphatic heterocycles. The fourth-order valence-corrected chi connectivity index (χ4v) is 12.2. The summed E-state index contributed by atoms with van der Waals surface area (Å²) >= 11 is 2.09. The predicted octanol–water partition coefficient (Wildman–Crippen LogP) is 11.5. The van der Waals surface area contributed by atoms with Crippen LogP contribution in [0.15, 0.2) is 107 Å². The van der Waals surface area contributed by atoms with Crippen LogP contribution < -0.4 is 14.2 Å². The van der Waals surface area contributed by atoms with Gasteiger partial charge in [0.25, 0.3) is 10.1 Å². The predicted molar refractivity (Wildman–Crippen MR) is 249 cm³/mol. The third-order valence-electron chi connectivity index (χ3n) is 13.5. The summed E-state index contributed by atoms with van der Waals surface area (Å²) in [6, 6.07) is 17.8. The SMILES string of the molecule is CCCCN1/C(=C/C=C2\CCC(/C=C/C3=[N+](CCCS(=O)(=O)O)c4ccc(OC)cc4C3(C)C)=C2SC(c2cc[n+](C)cc2)C2CCCCC2)C(C)(C)c2cc(C)ccc21. The first-order valence-corrected chi connectivity index (χ1v) is 24.7. The molecule has 0 bridgehead atoms. The number of rotatable bonds is 15. The van der Waals surface area contributed by atoms with Crippen LogP contribution in [0.1, 0.15) is 126 Å². The van der Waals surface area contributed by atoms with Gasteiger partial charge in [0, 0.05) is 69.8 Å². The van der Waals surface area contributed by atoms with Crippen molar-refractivity contribution in [3.8, 4) is 5.75 Å². The minimum atomic E-state index is -4.08. The molecule has 2 aliphatic carbocycles. The Hall–Kier alpha value is -3.92. The number of unbranched alkanes of at least 4 members (excludes halogenated alkanes) is 1. The van der Waals surface area contributed by atoms with Gasteiger partial charge >= 0.3 is 0 Å². The topological polar surface area (TPSA) is 73.7 Å². The van der Waals surface area contributed by atoms with Gasteiger partial charge in [-0.05, 0) is 105 Å². The third-order valence-corrected chi connectivity index (χ3v) is 15.9. The molecule has 1 N–H and O–H groups in total. The molecule has 3 heterocycles. The molecular weight excluding hydrogens is 783 g/mol. The second-order valence-corrected chi connectivity index (χ2v) is 21.2. The van der Waals surface area contributed by atoms with Gasteiger partial charge < -0.3 is 9.64 Å². The molecule has 1 atom stereocenters. The highest BCUT2D eigenvalue weighted by atomic mass is 32.2. The number of aromatic nitrogens is 1. The molecule has 320 valence electrons. The molecule has 9 heteroatoms. The summed E-state index contributed by atoms with van der Waals surface area (Å²) in [7, 11) is -0.291. The Morgan fingerprint density at radius 2 is 1.68 bits per heavy atom. The Morgan fingerprint density at radius 1 is 0.933 bits per heavy atom. The highest BCUT2D eigenvalue weighted by molar-refractivity contribution is 8.03. The van der Waals surface area contributed by atoms with Crippen molar-refractivity contribution in [3.63, 3.8) is 0 Å². The first-order chi connectivity index (χ1) is 28.6. The maximum Gasteiger partial charge on any atom is 0.265 e. The number of aryl methyl sites for hydroxylation is 2. The molecule has 1 fully saturated rings. The third kappa shape index (κ3) is 9.29. The van der Waals surface area contributed by atoms with Crippen LogP contribution in [-0.4, -0.2) is 49.2 Å². The van der Waals surface area contributed by atoms with Crippen LogP contribution in [0.4, 0.5) is 11.4 Å². The van der Waals surface area contributed by atoms with E-state index in [0.29, 0.717) is 24.1 Å². The van der Waals surface area contributed by atoms with Gasteiger partial charge in [-0.25, -0.2) is 4.57 Å². The summed E-state index contributed by atoms with van der Waals surface area (Å²) in [5.74, 6) is 1.13. The lowest BCUT2D eigenvalue weighted by atomic mass is 9.81. The normalized spacial score (nSPS) is 20.9. The van der Waals surface area contributed by atoms with Crippen LogP contribution in [0.25, 0.3) is 0 Å². The van der Waals surface area contributed by atoms with Gasteiger partial charge in [-0.3, -0.25) is 4.55 Å². The number of benzene rings is 2. The number of ether oxygens (including phenoxy) is 1. The maximum absolute atomic E-state index is 11.8. The maximum atomic E-state index is 11.8. The number of hydrogen-bond acceptors (Lipinski definition) is 5. The quantitative estimate of drug-likeness (QED) is 0.121. The van der Waals surface area contributed by atoms with E-state index in [0.717, 1.165) is 54.9 Å². The van der Waals surface area contributed by atoms with Gasteiger partial charge in [0.05, 0.1) is 18.3 Å². The molecule has 4 aliphatic rings. The standard InChI is InChI=1S/C51H66N3O4S2/c1-9-10-29-53-44-23-17-36(2)34-42(44)50(3,4)46(53)25-20-38-18-19-39(49(38)59-48(37-15-12-11-13-16-37)40-27-31-52(7)32-28-40)21-26-47-51(5,6)43-35-41(58-8)22-24-45(43)54(47)30-14-33-60(55,56)57/h17,20-28,31-32,34-35,37,48H,9-16,18-19,29-30,33H2,1-8H3/q+1/p+1. The number of nitrogens with zero attached hydrogens (tertiary/aromatic N) is 3. The number of anilines is 1. The Kier molecular flexibility index (Phi) is 13.4. The molecular formula is C51H67N3O4S2+2. The number of hydrogen-bond donors (Lipinski definition) is 1. The molecule has 0 radical (unpaired) electrons. The molecule has 2 aromatic carbocycles. The van der Waals surface area contributed by atoms with Gasteiger partial charge in [0.2, 0.25) is 5.69 Å². The zero-order chi connectivity index (χ0) is 42.8. The number of thioether (sulfide) groups is 1.